The molecule has 4 heteroatoms. The molecule has 0 N–H and O–H groups in total. The molecule has 26 heavy (non-hydrogen) atoms. The van der Waals surface area contributed by atoms with Gasteiger partial charge < -0.3 is 9.47 Å². The van der Waals surface area contributed by atoms with Crippen LogP contribution in [0, 0.1) is 11.8 Å². The molecule has 0 saturated heterocycles. The summed E-state index contributed by atoms with van der Waals surface area (Å²) in [5.74, 6) is 2.92. The predicted molar refractivity (Wildman–Crippen MR) is 108 cm³/mol. The lowest BCUT2D eigenvalue weighted by Gasteiger charge is -2.21. The number of aromatic nitrogens is 2. The zero-order valence-corrected chi connectivity index (χ0v) is 16.6. The zero-order valence-electron chi connectivity index (χ0n) is 15.8. The minimum Gasteiger partial charge on any atom is -0.303 e. The maximum Gasteiger partial charge on any atom is 0.113 e. The van der Waals surface area contributed by atoms with Gasteiger partial charge in [0, 0.05) is 36.4 Å². The molecule has 2 fully saturated rings. The van der Waals surface area contributed by atoms with Crippen LogP contribution in [0.4, 0.5) is 0 Å². The van der Waals surface area contributed by atoms with E-state index in [1.54, 1.807) is 0 Å². The van der Waals surface area contributed by atoms with Crippen molar-refractivity contribution in [2.75, 3.05) is 13.6 Å². The second kappa shape index (κ2) is 8.14. The van der Waals surface area contributed by atoms with Crippen LogP contribution in [0.3, 0.4) is 0 Å². The van der Waals surface area contributed by atoms with E-state index in [1.165, 1.54) is 68.7 Å². The third-order valence-electron chi connectivity index (χ3n) is 5.83. The molecule has 0 radical (unpaired) electrons. The first kappa shape index (κ1) is 18.1. The lowest BCUT2D eigenvalue weighted by Crippen LogP contribution is -2.20. The van der Waals surface area contributed by atoms with Crippen molar-refractivity contribution in [2.45, 2.75) is 57.9 Å². The van der Waals surface area contributed by atoms with Gasteiger partial charge in [-0.2, -0.15) is 0 Å². The molecule has 2 aliphatic carbocycles. The van der Waals surface area contributed by atoms with E-state index in [2.05, 4.69) is 34.8 Å². The van der Waals surface area contributed by atoms with Gasteiger partial charge in [0.1, 0.15) is 5.82 Å². The molecule has 0 aliphatic heterocycles. The Balaban J connectivity index is 1.55. The summed E-state index contributed by atoms with van der Waals surface area (Å²) in [4.78, 5) is 7.49. The maximum atomic E-state index is 6.09. The highest BCUT2D eigenvalue weighted by Gasteiger charge is 2.24. The van der Waals surface area contributed by atoms with E-state index in [9.17, 15) is 0 Å². The van der Waals surface area contributed by atoms with E-state index in [-0.39, 0.29) is 0 Å². The number of hydrogen-bond donors (Lipinski definition) is 0. The molecule has 140 valence electrons. The van der Waals surface area contributed by atoms with Crippen LogP contribution in [0.1, 0.15) is 56.5 Å². The fourth-order valence-electron chi connectivity index (χ4n) is 4.25. The van der Waals surface area contributed by atoms with E-state index in [0.29, 0.717) is 0 Å². The van der Waals surface area contributed by atoms with E-state index in [1.807, 2.05) is 12.1 Å². The molecule has 2 saturated carbocycles. The molecule has 1 aromatic heterocycles. The van der Waals surface area contributed by atoms with Crippen molar-refractivity contribution in [3.8, 4) is 5.69 Å². The Hall–Kier alpha value is -1.32. The van der Waals surface area contributed by atoms with Crippen LogP contribution in [0.2, 0.25) is 5.02 Å². The molecule has 2 aliphatic rings. The van der Waals surface area contributed by atoms with Gasteiger partial charge in [-0.25, -0.2) is 4.98 Å². The lowest BCUT2D eigenvalue weighted by molar-refractivity contribution is 0.309. The Labute approximate surface area is 162 Å². The van der Waals surface area contributed by atoms with Crippen LogP contribution < -0.4 is 0 Å². The minimum atomic E-state index is 0.784. The van der Waals surface area contributed by atoms with Crippen molar-refractivity contribution >= 4 is 11.6 Å². The fraction of sp³-hybridized carbons (Fsp3) is 0.591. The van der Waals surface area contributed by atoms with Crippen LogP contribution in [0.5, 0.6) is 0 Å². The number of halogens is 1. The summed E-state index contributed by atoms with van der Waals surface area (Å²) in [6.07, 6.45) is 13.0. The highest BCUT2D eigenvalue weighted by Crippen LogP contribution is 2.30. The topological polar surface area (TPSA) is 21.1 Å². The number of nitrogens with zero attached hydrogens (tertiary/aromatic N) is 3. The molecular formula is C22H30ClN3. The summed E-state index contributed by atoms with van der Waals surface area (Å²) >= 11 is 6.09. The van der Waals surface area contributed by atoms with Crippen LogP contribution in [0.25, 0.3) is 5.69 Å². The van der Waals surface area contributed by atoms with Crippen molar-refractivity contribution in [3.63, 3.8) is 0 Å². The number of benzene rings is 1. The van der Waals surface area contributed by atoms with Gasteiger partial charge in [0.05, 0.1) is 5.69 Å². The van der Waals surface area contributed by atoms with Gasteiger partial charge in [0.15, 0.2) is 0 Å². The molecule has 3 nitrogen and oxygen atoms in total. The summed E-state index contributed by atoms with van der Waals surface area (Å²) in [6.45, 7) is 2.14. The quantitative estimate of drug-likeness (QED) is 0.641. The molecule has 0 spiro atoms. The first-order valence-corrected chi connectivity index (χ1v) is 10.6. The average molecular weight is 372 g/mol. The van der Waals surface area contributed by atoms with Crippen LogP contribution >= 0.6 is 11.6 Å². The monoisotopic (exact) mass is 371 g/mol. The largest absolute Gasteiger partial charge is 0.303 e. The van der Waals surface area contributed by atoms with Crippen LogP contribution in [-0.4, -0.2) is 28.0 Å². The third kappa shape index (κ3) is 4.69. The van der Waals surface area contributed by atoms with Crippen LogP contribution in [-0.2, 0) is 13.0 Å². The average Bonchev–Trinajstić information content (AvgIpc) is 3.36. The van der Waals surface area contributed by atoms with E-state index in [0.717, 1.165) is 29.8 Å². The normalized spacial score (nSPS) is 18.6. The smallest absolute Gasteiger partial charge is 0.113 e. The van der Waals surface area contributed by atoms with Gasteiger partial charge >= 0.3 is 0 Å². The van der Waals surface area contributed by atoms with Gasteiger partial charge in [-0.1, -0.05) is 43.7 Å². The Kier molecular flexibility index (Phi) is 5.66. The SMILES string of the molecule is CN(Cc1cn(-c2ccc(Cl)cc2)c(CC2CCCCC2)n1)CC1CC1. The summed E-state index contributed by atoms with van der Waals surface area (Å²) in [6, 6.07) is 8.15. The van der Waals surface area contributed by atoms with Crippen molar-refractivity contribution in [3.05, 3.63) is 47.0 Å². The fourth-order valence-corrected chi connectivity index (χ4v) is 4.38. The van der Waals surface area contributed by atoms with Gasteiger partial charge in [-0.05, 0) is 56.0 Å². The highest BCUT2D eigenvalue weighted by atomic mass is 35.5. The summed E-state index contributed by atoms with van der Waals surface area (Å²) in [5, 5.41) is 0.784. The Morgan fingerprint density at radius 1 is 1.04 bits per heavy atom. The summed E-state index contributed by atoms with van der Waals surface area (Å²) in [5.41, 5.74) is 2.36. The molecule has 0 amide bonds. The summed E-state index contributed by atoms with van der Waals surface area (Å²) in [7, 11) is 2.22. The van der Waals surface area contributed by atoms with Crippen molar-refractivity contribution in [1.82, 2.24) is 14.5 Å². The van der Waals surface area contributed by atoms with Gasteiger partial charge in [0.25, 0.3) is 0 Å². The van der Waals surface area contributed by atoms with Gasteiger partial charge in [0.2, 0.25) is 0 Å². The molecule has 1 heterocycles. The van der Waals surface area contributed by atoms with Gasteiger partial charge in [-0.3, -0.25) is 0 Å². The van der Waals surface area contributed by atoms with E-state index in [4.69, 9.17) is 16.6 Å². The first-order valence-electron chi connectivity index (χ1n) is 10.2. The second-order valence-electron chi connectivity index (χ2n) is 8.34. The third-order valence-corrected chi connectivity index (χ3v) is 6.08. The maximum absolute atomic E-state index is 6.09. The predicted octanol–water partition coefficient (Wildman–Crippen LogP) is 5.49. The Morgan fingerprint density at radius 3 is 2.46 bits per heavy atom. The molecule has 1 aromatic carbocycles. The standard InChI is InChI=1S/C22H30ClN3/c1-25(14-18-7-8-18)15-20-16-26(21-11-9-19(23)10-12-21)22(24-20)13-17-5-3-2-4-6-17/h9-12,16-18H,2-8,13-15H2,1H3. The number of hydrogen-bond acceptors (Lipinski definition) is 2. The zero-order chi connectivity index (χ0) is 17.9. The molecule has 0 bridgehead atoms. The minimum absolute atomic E-state index is 0.784. The molecular weight excluding hydrogens is 342 g/mol. The van der Waals surface area contributed by atoms with E-state index < -0.39 is 0 Å². The highest BCUT2D eigenvalue weighted by molar-refractivity contribution is 6.30. The molecule has 4 rings (SSSR count). The van der Waals surface area contributed by atoms with Crippen molar-refractivity contribution < 1.29 is 0 Å². The Morgan fingerprint density at radius 2 is 1.77 bits per heavy atom. The molecule has 0 unspecified atom stereocenters. The first-order chi connectivity index (χ1) is 12.7. The number of imidazole rings is 1. The molecule has 0 atom stereocenters. The van der Waals surface area contributed by atoms with Crippen LogP contribution in [0.15, 0.2) is 30.5 Å². The van der Waals surface area contributed by atoms with Crippen molar-refractivity contribution in [2.24, 2.45) is 11.8 Å². The second-order valence-corrected chi connectivity index (χ2v) is 8.78. The summed E-state index contributed by atoms with van der Waals surface area (Å²) < 4.78 is 2.30. The lowest BCUT2D eigenvalue weighted by atomic mass is 9.87. The molecule has 2 aromatic rings. The Bertz CT molecular complexity index is 711. The number of rotatable bonds is 7. The van der Waals surface area contributed by atoms with Gasteiger partial charge in [-0.15, -0.1) is 0 Å². The van der Waals surface area contributed by atoms with Crippen molar-refractivity contribution in [1.29, 1.82) is 0 Å². The van der Waals surface area contributed by atoms with E-state index >= 15 is 0 Å².